The molecular formula is C22H20FN5O2. The smallest absolute Gasteiger partial charge is 0.252 e. The molecule has 8 heteroatoms. The van der Waals surface area contributed by atoms with Gasteiger partial charge in [-0.3, -0.25) is 14.2 Å². The van der Waals surface area contributed by atoms with Gasteiger partial charge in [0.05, 0.1) is 12.7 Å². The lowest BCUT2D eigenvalue weighted by atomic mass is 10.0. The molecule has 0 aliphatic heterocycles. The number of carbonyl (C=O) groups is 1. The lowest BCUT2D eigenvalue weighted by molar-refractivity contribution is 0.0962. The Kier molecular flexibility index (Phi) is 5.38. The molecule has 0 saturated carbocycles. The van der Waals surface area contributed by atoms with E-state index in [9.17, 15) is 9.18 Å². The summed E-state index contributed by atoms with van der Waals surface area (Å²) in [7, 11) is 3.11. The topological polar surface area (TPSA) is 81.4 Å². The number of fused-ring (bicyclic) bond motifs is 1. The Morgan fingerprint density at radius 3 is 2.87 bits per heavy atom. The van der Waals surface area contributed by atoms with Crippen molar-refractivity contribution in [2.24, 2.45) is 0 Å². The van der Waals surface area contributed by atoms with Crippen molar-refractivity contribution < 1.29 is 13.9 Å². The molecule has 0 spiro atoms. The highest BCUT2D eigenvalue weighted by molar-refractivity contribution is 5.95. The van der Waals surface area contributed by atoms with Crippen molar-refractivity contribution in [2.45, 2.75) is 12.8 Å². The zero-order valence-corrected chi connectivity index (χ0v) is 16.6. The van der Waals surface area contributed by atoms with Crippen LogP contribution in [0.5, 0.6) is 5.75 Å². The molecule has 0 bridgehead atoms. The van der Waals surface area contributed by atoms with E-state index in [0.717, 1.165) is 16.8 Å². The Morgan fingerprint density at radius 2 is 2.07 bits per heavy atom. The summed E-state index contributed by atoms with van der Waals surface area (Å²) in [6.45, 7) is 0. The lowest BCUT2D eigenvalue weighted by Gasteiger charge is -2.12. The normalized spacial score (nSPS) is 10.9. The monoisotopic (exact) mass is 405 g/mol. The van der Waals surface area contributed by atoms with Crippen LogP contribution in [0.2, 0.25) is 0 Å². The number of amides is 1. The Bertz CT molecular complexity index is 1220. The molecule has 3 aromatic heterocycles. The van der Waals surface area contributed by atoms with Gasteiger partial charge >= 0.3 is 0 Å². The summed E-state index contributed by atoms with van der Waals surface area (Å²) in [4.78, 5) is 16.1. The van der Waals surface area contributed by atoms with E-state index in [1.807, 2.05) is 16.5 Å². The highest BCUT2D eigenvalue weighted by Crippen LogP contribution is 2.27. The maximum absolute atomic E-state index is 14.3. The van der Waals surface area contributed by atoms with Crippen LogP contribution >= 0.6 is 0 Å². The Labute approximate surface area is 172 Å². The first kappa shape index (κ1) is 19.5. The second-order valence-corrected chi connectivity index (χ2v) is 6.72. The van der Waals surface area contributed by atoms with Gasteiger partial charge in [-0.15, -0.1) is 10.2 Å². The van der Waals surface area contributed by atoms with Crippen molar-refractivity contribution in [3.05, 3.63) is 77.8 Å². The third kappa shape index (κ3) is 3.59. The maximum Gasteiger partial charge on any atom is 0.252 e. The van der Waals surface area contributed by atoms with Gasteiger partial charge in [0, 0.05) is 41.8 Å². The minimum atomic E-state index is -0.289. The molecule has 1 N–H and O–H groups in total. The maximum atomic E-state index is 14.3. The number of aromatic nitrogens is 4. The second kappa shape index (κ2) is 8.28. The van der Waals surface area contributed by atoms with E-state index in [1.165, 1.54) is 19.4 Å². The summed E-state index contributed by atoms with van der Waals surface area (Å²) >= 11 is 0. The average molecular weight is 405 g/mol. The molecule has 0 fully saturated rings. The number of hydrogen-bond donors (Lipinski definition) is 1. The van der Waals surface area contributed by atoms with Crippen molar-refractivity contribution in [3.8, 4) is 16.9 Å². The molecule has 0 saturated heterocycles. The fraction of sp³-hybridized carbons (Fsp3) is 0.182. The number of rotatable bonds is 6. The molecule has 30 heavy (non-hydrogen) atoms. The predicted molar refractivity (Wildman–Crippen MR) is 110 cm³/mol. The van der Waals surface area contributed by atoms with Gasteiger partial charge in [0.1, 0.15) is 17.9 Å². The first-order chi connectivity index (χ1) is 14.6. The number of halogens is 1. The quantitative estimate of drug-likeness (QED) is 0.533. The number of benzene rings is 1. The molecule has 1 aromatic carbocycles. The summed E-state index contributed by atoms with van der Waals surface area (Å²) in [5.41, 5.74) is 4.13. The minimum Gasteiger partial charge on any atom is -0.496 e. The standard InChI is InChI=1S/C22H20FN5O2/c1-24-22(29)15-10-14(11-25-12-15)17-8-6-16(28-13-26-27-21(17)28)7-9-18-19(23)4-3-5-20(18)30-2/h3-6,8,10-13H,7,9H2,1-2H3,(H,24,29). The highest BCUT2D eigenvalue weighted by Gasteiger charge is 2.14. The van der Waals surface area contributed by atoms with Crippen LogP contribution in [0, 0.1) is 5.82 Å². The predicted octanol–water partition coefficient (Wildman–Crippen LogP) is 3.08. The average Bonchev–Trinajstić information content (AvgIpc) is 3.27. The molecule has 3 heterocycles. The van der Waals surface area contributed by atoms with Gasteiger partial charge in [0.15, 0.2) is 5.65 Å². The van der Waals surface area contributed by atoms with Crippen LogP contribution in [0.3, 0.4) is 0 Å². The summed E-state index contributed by atoms with van der Waals surface area (Å²) in [5, 5.41) is 10.9. The largest absolute Gasteiger partial charge is 0.496 e. The summed E-state index contributed by atoms with van der Waals surface area (Å²) in [6.07, 6.45) is 5.86. The zero-order valence-electron chi connectivity index (χ0n) is 16.6. The molecule has 0 radical (unpaired) electrons. The van der Waals surface area contributed by atoms with Gasteiger partial charge in [-0.1, -0.05) is 6.07 Å². The molecule has 0 aliphatic rings. The van der Waals surface area contributed by atoms with E-state index in [1.54, 1.807) is 37.8 Å². The number of pyridine rings is 2. The Morgan fingerprint density at radius 1 is 1.20 bits per heavy atom. The molecule has 0 aliphatic carbocycles. The number of nitrogens with one attached hydrogen (secondary N) is 1. The molecule has 7 nitrogen and oxygen atoms in total. The van der Waals surface area contributed by atoms with Gasteiger partial charge in [-0.2, -0.15) is 0 Å². The van der Waals surface area contributed by atoms with Gasteiger partial charge < -0.3 is 10.1 Å². The van der Waals surface area contributed by atoms with E-state index in [0.29, 0.717) is 35.4 Å². The van der Waals surface area contributed by atoms with E-state index in [2.05, 4.69) is 20.5 Å². The third-order valence-corrected chi connectivity index (χ3v) is 5.01. The van der Waals surface area contributed by atoms with Crippen LogP contribution in [0.1, 0.15) is 21.6 Å². The number of hydrogen-bond acceptors (Lipinski definition) is 5. The van der Waals surface area contributed by atoms with Crippen LogP contribution in [0.4, 0.5) is 4.39 Å². The SMILES string of the molecule is CNC(=O)c1cncc(-c2ccc(CCc3c(F)cccc3OC)n3cnnc23)c1. The zero-order chi connectivity index (χ0) is 21.1. The Balaban J connectivity index is 1.68. The lowest BCUT2D eigenvalue weighted by Crippen LogP contribution is -2.17. The molecule has 4 aromatic rings. The number of carbonyl (C=O) groups excluding carboxylic acids is 1. The van der Waals surface area contributed by atoms with Crippen molar-refractivity contribution >= 4 is 11.6 Å². The summed E-state index contributed by atoms with van der Waals surface area (Å²) < 4.78 is 21.4. The van der Waals surface area contributed by atoms with Crippen molar-refractivity contribution in [3.63, 3.8) is 0 Å². The molecule has 1 amide bonds. The molecular weight excluding hydrogens is 385 g/mol. The van der Waals surface area contributed by atoms with E-state index >= 15 is 0 Å². The molecule has 0 atom stereocenters. The second-order valence-electron chi connectivity index (χ2n) is 6.72. The number of methoxy groups -OCH3 is 1. The first-order valence-electron chi connectivity index (χ1n) is 9.43. The highest BCUT2D eigenvalue weighted by atomic mass is 19.1. The summed E-state index contributed by atoms with van der Waals surface area (Å²) in [6, 6.07) is 10.4. The molecule has 4 rings (SSSR count). The van der Waals surface area contributed by atoms with Crippen LogP contribution in [0.25, 0.3) is 16.8 Å². The number of aryl methyl sites for hydroxylation is 1. The first-order valence-corrected chi connectivity index (χ1v) is 9.43. The van der Waals surface area contributed by atoms with Gasteiger partial charge in [0.2, 0.25) is 0 Å². The number of nitrogens with zero attached hydrogens (tertiary/aromatic N) is 4. The van der Waals surface area contributed by atoms with Crippen LogP contribution in [0.15, 0.2) is 55.1 Å². The van der Waals surface area contributed by atoms with Crippen LogP contribution in [-0.4, -0.2) is 39.6 Å². The summed E-state index contributed by atoms with van der Waals surface area (Å²) in [5.74, 6) is 0.0315. The minimum absolute atomic E-state index is 0.211. The molecule has 152 valence electrons. The third-order valence-electron chi connectivity index (χ3n) is 5.01. The van der Waals surface area contributed by atoms with Crippen LogP contribution in [-0.2, 0) is 12.8 Å². The fourth-order valence-corrected chi connectivity index (χ4v) is 3.47. The van der Waals surface area contributed by atoms with Crippen molar-refractivity contribution in [1.82, 2.24) is 24.9 Å². The Hall–Kier alpha value is -3.81. The van der Waals surface area contributed by atoms with Gasteiger partial charge in [0.25, 0.3) is 5.91 Å². The van der Waals surface area contributed by atoms with E-state index < -0.39 is 0 Å². The fourth-order valence-electron chi connectivity index (χ4n) is 3.47. The van der Waals surface area contributed by atoms with E-state index in [4.69, 9.17) is 4.74 Å². The van der Waals surface area contributed by atoms with Crippen molar-refractivity contribution in [2.75, 3.05) is 14.2 Å². The molecule has 0 unspecified atom stereocenters. The van der Waals surface area contributed by atoms with Gasteiger partial charge in [-0.05, 0) is 43.2 Å². The van der Waals surface area contributed by atoms with Crippen LogP contribution < -0.4 is 10.1 Å². The number of ether oxygens (including phenoxy) is 1. The van der Waals surface area contributed by atoms with Crippen molar-refractivity contribution in [1.29, 1.82) is 0 Å². The van der Waals surface area contributed by atoms with E-state index in [-0.39, 0.29) is 11.7 Å². The van der Waals surface area contributed by atoms with Gasteiger partial charge in [-0.25, -0.2) is 4.39 Å².